The quantitative estimate of drug-likeness (QED) is 0.859. The lowest BCUT2D eigenvalue weighted by molar-refractivity contribution is -0.138. The summed E-state index contributed by atoms with van der Waals surface area (Å²) in [5.74, 6) is -0.617. The van der Waals surface area contributed by atoms with Crippen molar-refractivity contribution in [3.05, 3.63) is 40.8 Å². The van der Waals surface area contributed by atoms with Gasteiger partial charge in [0.05, 0.1) is 0 Å². The van der Waals surface area contributed by atoms with Crippen molar-refractivity contribution in [1.82, 2.24) is 9.38 Å². The number of anilines is 1. The highest BCUT2D eigenvalue weighted by Gasteiger charge is 2.18. The summed E-state index contributed by atoms with van der Waals surface area (Å²) in [6.07, 6.45) is 1.62. The maximum Gasteiger partial charge on any atom is 0.326 e. The van der Waals surface area contributed by atoms with E-state index in [1.54, 1.807) is 31.4 Å². The van der Waals surface area contributed by atoms with E-state index in [0.717, 1.165) is 0 Å². The fraction of sp³-hybridized carbons (Fsp3) is 0.250. The lowest BCUT2D eigenvalue weighted by Gasteiger charge is -2.22. The van der Waals surface area contributed by atoms with E-state index in [4.69, 9.17) is 5.11 Å². The molecular weight excluding hydrogens is 234 g/mol. The van der Waals surface area contributed by atoms with Crippen molar-refractivity contribution in [2.75, 3.05) is 11.9 Å². The average Bonchev–Trinajstić information content (AvgIpc) is 2.36. The average molecular weight is 247 g/mol. The van der Waals surface area contributed by atoms with Crippen LogP contribution in [0.1, 0.15) is 6.92 Å². The second-order valence-electron chi connectivity index (χ2n) is 4.01. The molecule has 0 amide bonds. The molecule has 2 rings (SSSR count). The van der Waals surface area contributed by atoms with Crippen LogP contribution in [0.4, 0.5) is 5.82 Å². The van der Waals surface area contributed by atoms with Crippen LogP contribution >= 0.6 is 0 Å². The van der Waals surface area contributed by atoms with E-state index in [1.807, 2.05) is 0 Å². The van der Waals surface area contributed by atoms with Crippen LogP contribution in [0.25, 0.3) is 5.65 Å². The first kappa shape index (κ1) is 12.1. The van der Waals surface area contributed by atoms with Crippen molar-refractivity contribution in [2.24, 2.45) is 0 Å². The first-order chi connectivity index (χ1) is 8.50. The number of hydrogen-bond acceptors (Lipinski definition) is 4. The maximum absolute atomic E-state index is 11.8. The van der Waals surface area contributed by atoms with E-state index in [-0.39, 0.29) is 5.56 Å². The molecule has 0 aliphatic rings. The third-order valence-corrected chi connectivity index (χ3v) is 2.86. The number of fused-ring (bicyclic) bond motifs is 1. The van der Waals surface area contributed by atoms with Crippen LogP contribution < -0.4 is 10.5 Å². The molecule has 0 spiro atoms. The molecule has 0 aliphatic carbocycles. The SMILES string of the molecule is CC(C(=O)O)N(C)c1cc(=O)n2ccccc2n1. The number of pyridine rings is 1. The Morgan fingerprint density at radius 3 is 2.89 bits per heavy atom. The number of carbonyl (C=O) groups is 1. The van der Waals surface area contributed by atoms with Crippen molar-refractivity contribution < 1.29 is 9.90 Å². The Hall–Kier alpha value is -2.37. The molecule has 94 valence electrons. The number of nitrogens with zero attached hydrogens (tertiary/aromatic N) is 3. The molecule has 6 nitrogen and oxygen atoms in total. The standard InChI is InChI=1S/C12H13N3O3/c1-8(12(17)18)14(2)10-7-11(16)15-6-4-3-5-9(15)13-10/h3-8H,1-2H3,(H,17,18). The zero-order chi connectivity index (χ0) is 13.3. The van der Waals surface area contributed by atoms with Gasteiger partial charge >= 0.3 is 5.97 Å². The molecule has 0 radical (unpaired) electrons. The first-order valence-corrected chi connectivity index (χ1v) is 5.45. The lowest BCUT2D eigenvalue weighted by atomic mass is 10.3. The Kier molecular flexibility index (Phi) is 3.01. The van der Waals surface area contributed by atoms with Crippen molar-refractivity contribution in [1.29, 1.82) is 0 Å². The highest BCUT2D eigenvalue weighted by molar-refractivity contribution is 5.77. The van der Waals surface area contributed by atoms with Gasteiger partial charge in [0.1, 0.15) is 17.5 Å². The molecule has 0 saturated carbocycles. The van der Waals surface area contributed by atoms with Gasteiger partial charge in [0.25, 0.3) is 5.56 Å². The van der Waals surface area contributed by atoms with Crippen molar-refractivity contribution >= 4 is 17.4 Å². The number of carboxylic acid groups (broad SMARTS) is 1. The van der Waals surface area contributed by atoms with E-state index in [0.29, 0.717) is 11.5 Å². The van der Waals surface area contributed by atoms with Gasteiger partial charge in [-0.15, -0.1) is 0 Å². The Bertz CT molecular complexity index is 650. The normalized spacial score (nSPS) is 12.3. The Balaban J connectivity index is 2.53. The molecule has 2 aromatic heterocycles. The number of hydrogen-bond donors (Lipinski definition) is 1. The van der Waals surface area contributed by atoms with Crippen molar-refractivity contribution in [2.45, 2.75) is 13.0 Å². The van der Waals surface area contributed by atoms with E-state index in [1.165, 1.54) is 22.3 Å². The first-order valence-electron chi connectivity index (χ1n) is 5.45. The van der Waals surface area contributed by atoms with Crippen LogP contribution in [0, 0.1) is 0 Å². The molecule has 0 aliphatic heterocycles. The fourth-order valence-electron chi connectivity index (χ4n) is 1.59. The monoisotopic (exact) mass is 247 g/mol. The van der Waals surface area contributed by atoms with Crippen LogP contribution in [0.3, 0.4) is 0 Å². The highest BCUT2D eigenvalue weighted by Crippen LogP contribution is 2.11. The summed E-state index contributed by atoms with van der Waals surface area (Å²) in [5.41, 5.74) is 0.254. The third-order valence-electron chi connectivity index (χ3n) is 2.86. The second-order valence-corrected chi connectivity index (χ2v) is 4.01. The number of rotatable bonds is 3. The van der Waals surface area contributed by atoms with Crippen LogP contribution in [-0.4, -0.2) is 33.6 Å². The summed E-state index contributed by atoms with van der Waals surface area (Å²) < 4.78 is 1.41. The Morgan fingerprint density at radius 2 is 2.22 bits per heavy atom. The molecule has 18 heavy (non-hydrogen) atoms. The predicted molar refractivity (Wildman–Crippen MR) is 67.0 cm³/mol. The Morgan fingerprint density at radius 1 is 1.50 bits per heavy atom. The molecule has 2 heterocycles. The Labute approximate surface area is 103 Å². The number of likely N-dealkylation sites (N-methyl/N-ethyl adjacent to an activating group) is 1. The summed E-state index contributed by atoms with van der Waals surface area (Å²) in [6, 6.07) is 5.78. The minimum atomic E-state index is -0.965. The smallest absolute Gasteiger partial charge is 0.326 e. The maximum atomic E-state index is 11.8. The minimum absolute atomic E-state index is 0.236. The van der Waals surface area contributed by atoms with E-state index in [9.17, 15) is 9.59 Å². The topological polar surface area (TPSA) is 74.9 Å². The summed E-state index contributed by atoms with van der Waals surface area (Å²) in [5, 5.41) is 8.94. The summed E-state index contributed by atoms with van der Waals surface area (Å²) in [4.78, 5) is 28.5. The number of carboxylic acids is 1. The van der Waals surface area contributed by atoms with E-state index >= 15 is 0 Å². The van der Waals surface area contributed by atoms with Gasteiger partial charge in [-0.2, -0.15) is 0 Å². The van der Waals surface area contributed by atoms with Gasteiger partial charge in [0, 0.05) is 19.3 Å². The van der Waals surface area contributed by atoms with Crippen LogP contribution in [0.2, 0.25) is 0 Å². The van der Waals surface area contributed by atoms with Gasteiger partial charge in [-0.25, -0.2) is 9.78 Å². The third kappa shape index (κ3) is 2.04. The van der Waals surface area contributed by atoms with Crippen LogP contribution in [0.15, 0.2) is 35.3 Å². The molecule has 1 atom stereocenters. The molecule has 0 saturated heterocycles. The van der Waals surface area contributed by atoms with Crippen molar-refractivity contribution in [3.63, 3.8) is 0 Å². The predicted octanol–water partition coefficient (Wildman–Crippen LogP) is 0.604. The lowest BCUT2D eigenvalue weighted by Crippen LogP contribution is -2.37. The molecule has 0 bridgehead atoms. The van der Waals surface area contributed by atoms with Gasteiger partial charge < -0.3 is 10.0 Å². The van der Waals surface area contributed by atoms with Crippen molar-refractivity contribution in [3.8, 4) is 0 Å². The zero-order valence-corrected chi connectivity index (χ0v) is 10.1. The van der Waals surface area contributed by atoms with Crippen LogP contribution in [-0.2, 0) is 4.79 Å². The van der Waals surface area contributed by atoms with Crippen LogP contribution in [0.5, 0.6) is 0 Å². The fourth-order valence-corrected chi connectivity index (χ4v) is 1.59. The molecule has 0 fully saturated rings. The molecule has 6 heteroatoms. The molecule has 2 aromatic rings. The largest absolute Gasteiger partial charge is 0.480 e. The number of aromatic nitrogens is 2. The van der Waals surface area contributed by atoms with Gasteiger partial charge in [-0.3, -0.25) is 9.20 Å². The van der Waals surface area contributed by atoms with Gasteiger partial charge in [0.15, 0.2) is 0 Å². The molecular formula is C12H13N3O3. The minimum Gasteiger partial charge on any atom is -0.480 e. The van der Waals surface area contributed by atoms with Gasteiger partial charge in [-0.05, 0) is 19.1 Å². The van der Waals surface area contributed by atoms with E-state index < -0.39 is 12.0 Å². The van der Waals surface area contributed by atoms with Gasteiger partial charge in [0.2, 0.25) is 0 Å². The molecule has 1 N–H and O–H groups in total. The van der Waals surface area contributed by atoms with Gasteiger partial charge in [-0.1, -0.05) is 6.07 Å². The summed E-state index contributed by atoms with van der Waals surface area (Å²) in [6.45, 7) is 1.54. The number of aliphatic carboxylic acids is 1. The van der Waals surface area contributed by atoms with E-state index in [2.05, 4.69) is 4.98 Å². The second kappa shape index (κ2) is 4.48. The summed E-state index contributed by atoms with van der Waals surface area (Å²) in [7, 11) is 1.60. The summed E-state index contributed by atoms with van der Waals surface area (Å²) >= 11 is 0. The molecule has 0 aromatic carbocycles. The molecule has 1 unspecified atom stereocenters. The zero-order valence-electron chi connectivity index (χ0n) is 10.1. The highest BCUT2D eigenvalue weighted by atomic mass is 16.4.